The summed E-state index contributed by atoms with van der Waals surface area (Å²) in [6.45, 7) is 2.15. The van der Waals surface area contributed by atoms with Crippen molar-refractivity contribution < 1.29 is 17.7 Å². The number of halogens is 1. The number of para-hydroxylation sites is 1. The van der Waals surface area contributed by atoms with Gasteiger partial charge in [0.1, 0.15) is 11.4 Å². The average molecular weight is 350 g/mol. The lowest BCUT2D eigenvalue weighted by molar-refractivity contribution is 0.199. The van der Waals surface area contributed by atoms with Crippen molar-refractivity contribution in [1.82, 2.24) is 15.2 Å². The second-order valence-corrected chi connectivity index (χ2v) is 6.33. The summed E-state index contributed by atoms with van der Waals surface area (Å²) >= 11 is 0. The highest BCUT2D eigenvalue weighted by Crippen LogP contribution is 2.19. The molecule has 0 amide bonds. The summed E-state index contributed by atoms with van der Waals surface area (Å²) in [6.07, 6.45) is 0. The van der Waals surface area contributed by atoms with Gasteiger partial charge in [-0.1, -0.05) is 17.3 Å². The molecular weight excluding hydrogens is 330 g/mol. The van der Waals surface area contributed by atoms with Crippen molar-refractivity contribution in [2.24, 2.45) is 0 Å². The minimum absolute atomic E-state index is 0. The van der Waals surface area contributed by atoms with Crippen LogP contribution in [0.5, 0.6) is 0 Å². The number of nitrogens with zero attached hydrogens (tertiary/aromatic N) is 1. The normalized spacial score (nSPS) is 11.5. The standard InChI is InChI=1S/C13H19N3O4S.ClH/c1-19-9-8-14-6-7-15-21(17,18)10-12-11-4-2-3-5-13(11)20-16-12;/h2-5,14-15H,6-10H2,1H3;1H. The molecule has 1 aromatic heterocycles. The molecule has 2 N–H and O–H groups in total. The molecule has 124 valence electrons. The van der Waals surface area contributed by atoms with Gasteiger partial charge in [-0.05, 0) is 12.1 Å². The Labute approximate surface area is 135 Å². The summed E-state index contributed by atoms with van der Waals surface area (Å²) in [5.41, 5.74) is 1.01. The van der Waals surface area contributed by atoms with E-state index in [-0.39, 0.29) is 18.2 Å². The Kier molecular flexibility index (Phi) is 7.77. The van der Waals surface area contributed by atoms with E-state index in [0.29, 0.717) is 37.5 Å². The number of methoxy groups -OCH3 is 1. The lowest BCUT2D eigenvalue weighted by Gasteiger charge is -2.06. The smallest absolute Gasteiger partial charge is 0.217 e. The van der Waals surface area contributed by atoms with Crippen LogP contribution < -0.4 is 10.0 Å². The lowest BCUT2D eigenvalue weighted by atomic mass is 10.2. The Hall–Kier alpha value is -1.19. The Morgan fingerprint density at radius 2 is 2.00 bits per heavy atom. The van der Waals surface area contributed by atoms with Gasteiger partial charge >= 0.3 is 0 Å². The topological polar surface area (TPSA) is 93.5 Å². The van der Waals surface area contributed by atoms with Crippen LogP contribution >= 0.6 is 12.4 Å². The Balaban J connectivity index is 0.00000242. The van der Waals surface area contributed by atoms with Crippen molar-refractivity contribution >= 4 is 33.4 Å². The number of ether oxygens (including phenoxy) is 1. The number of rotatable bonds is 9. The maximum atomic E-state index is 12.0. The molecule has 22 heavy (non-hydrogen) atoms. The van der Waals surface area contributed by atoms with Crippen molar-refractivity contribution in [3.05, 3.63) is 30.0 Å². The molecule has 2 rings (SSSR count). The second kappa shape index (κ2) is 9.06. The largest absolute Gasteiger partial charge is 0.383 e. The van der Waals surface area contributed by atoms with E-state index in [1.165, 1.54) is 0 Å². The van der Waals surface area contributed by atoms with Crippen molar-refractivity contribution in [2.75, 3.05) is 33.4 Å². The molecule has 0 aliphatic carbocycles. The van der Waals surface area contributed by atoms with E-state index in [1.807, 2.05) is 12.1 Å². The first-order chi connectivity index (χ1) is 10.1. The van der Waals surface area contributed by atoms with Gasteiger partial charge in [-0.15, -0.1) is 12.4 Å². The third kappa shape index (κ3) is 5.54. The fourth-order valence-corrected chi connectivity index (χ4v) is 2.95. The molecule has 7 nitrogen and oxygen atoms in total. The van der Waals surface area contributed by atoms with E-state index in [1.54, 1.807) is 19.2 Å². The first kappa shape index (κ1) is 18.9. The monoisotopic (exact) mass is 349 g/mol. The number of benzene rings is 1. The minimum Gasteiger partial charge on any atom is -0.383 e. The number of aromatic nitrogens is 1. The van der Waals surface area contributed by atoms with Gasteiger partial charge in [0.15, 0.2) is 5.58 Å². The highest BCUT2D eigenvalue weighted by atomic mass is 35.5. The van der Waals surface area contributed by atoms with Crippen molar-refractivity contribution in [1.29, 1.82) is 0 Å². The molecule has 0 aliphatic heterocycles. The molecule has 2 aromatic rings. The lowest BCUT2D eigenvalue weighted by Crippen LogP contribution is -2.33. The predicted molar refractivity (Wildman–Crippen MR) is 86.6 cm³/mol. The van der Waals surface area contributed by atoms with Crippen molar-refractivity contribution in [3.8, 4) is 0 Å². The quantitative estimate of drug-likeness (QED) is 0.653. The molecule has 0 atom stereocenters. The zero-order valence-electron chi connectivity index (χ0n) is 12.2. The van der Waals surface area contributed by atoms with Crippen molar-refractivity contribution in [2.45, 2.75) is 5.75 Å². The molecule has 9 heteroatoms. The molecule has 0 fully saturated rings. The highest BCUT2D eigenvalue weighted by molar-refractivity contribution is 7.88. The van der Waals surface area contributed by atoms with E-state index >= 15 is 0 Å². The van der Waals surface area contributed by atoms with Gasteiger partial charge in [0.05, 0.1) is 6.61 Å². The van der Waals surface area contributed by atoms with Gasteiger partial charge in [0.2, 0.25) is 10.0 Å². The summed E-state index contributed by atoms with van der Waals surface area (Å²) in [7, 11) is -1.81. The van der Waals surface area contributed by atoms with E-state index in [4.69, 9.17) is 9.26 Å². The van der Waals surface area contributed by atoms with Crippen LogP contribution in [0.25, 0.3) is 11.0 Å². The molecule has 0 unspecified atom stereocenters. The van der Waals surface area contributed by atoms with Crippen LogP contribution in [0.15, 0.2) is 28.8 Å². The third-order valence-electron chi connectivity index (χ3n) is 2.89. The van der Waals surface area contributed by atoms with Crippen LogP contribution in [0.4, 0.5) is 0 Å². The molecule has 0 saturated heterocycles. The van der Waals surface area contributed by atoms with Crippen LogP contribution in [0.2, 0.25) is 0 Å². The van der Waals surface area contributed by atoms with Gasteiger partial charge < -0.3 is 14.6 Å². The van der Waals surface area contributed by atoms with E-state index in [2.05, 4.69) is 15.2 Å². The number of sulfonamides is 1. The molecule has 0 radical (unpaired) electrons. The predicted octanol–water partition coefficient (Wildman–Crippen LogP) is 0.905. The van der Waals surface area contributed by atoms with Gasteiger partial charge in [0, 0.05) is 32.1 Å². The molecule has 1 aromatic carbocycles. The zero-order chi connectivity index (χ0) is 15.1. The molecular formula is C13H20ClN3O4S. The van der Waals surface area contributed by atoms with Gasteiger partial charge in [-0.25, -0.2) is 13.1 Å². The number of fused-ring (bicyclic) bond motifs is 1. The summed E-state index contributed by atoms with van der Waals surface area (Å²) in [5, 5.41) is 7.61. The molecule has 1 heterocycles. The molecule has 0 saturated carbocycles. The maximum absolute atomic E-state index is 12.0. The minimum atomic E-state index is -3.43. The summed E-state index contributed by atoms with van der Waals surface area (Å²) in [5.74, 6) is -0.192. The van der Waals surface area contributed by atoms with Crippen LogP contribution in [0.3, 0.4) is 0 Å². The van der Waals surface area contributed by atoms with E-state index < -0.39 is 10.0 Å². The van der Waals surface area contributed by atoms with Gasteiger partial charge in [0.25, 0.3) is 0 Å². The summed E-state index contributed by atoms with van der Waals surface area (Å²) in [4.78, 5) is 0. The third-order valence-corrected chi connectivity index (χ3v) is 4.18. The first-order valence-electron chi connectivity index (χ1n) is 6.62. The van der Waals surface area contributed by atoms with Crippen molar-refractivity contribution in [3.63, 3.8) is 0 Å². The number of hydrogen-bond acceptors (Lipinski definition) is 6. The summed E-state index contributed by atoms with van der Waals surface area (Å²) < 4.78 is 36.5. The van der Waals surface area contributed by atoms with Gasteiger partial charge in [-0.3, -0.25) is 0 Å². The molecule has 0 aliphatic rings. The average Bonchev–Trinajstić information content (AvgIpc) is 2.85. The molecule has 0 bridgehead atoms. The van der Waals surface area contributed by atoms with E-state index in [9.17, 15) is 8.42 Å². The zero-order valence-corrected chi connectivity index (χ0v) is 13.9. The first-order valence-corrected chi connectivity index (χ1v) is 8.28. The Bertz CT molecular complexity index is 675. The number of nitrogens with one attached hydrogen (secondary N) is 2. The van der Waals surface area contributed by atoms with Crippen LogP contribution in [-0.4, -0.2) is 46.9 Å². The Morgan fingerprint density at radius 3 is 2.77 bits per heavy atom. The number of hydrogen-bond donors (Lipinski definition) is 2. The highest BCUT2D eigenvalue weighted by Gasteiger charge is 2.16. The fraction of sp³-hybridized carbons (Fsp3) is 0.462. The van der Waals surface area contributed by atoms with E-state index in [0.717, 1.165) is 5.39 Å². The molecule has 0 spiro atoms. The SMILES string of the molecule is COCCNCCNS(=O)(=O)Cc1noc2ccccc12.Cl. The summed E-state index contributed by atoms with van der Waals surface area (Å²) in [6, 6.07) is 7.19. The fourth-order valence-electron chi connectivity index (χ4n) is 1.87. The second-order valence-electron chi connectivity index (χ2n) is 4.52. The van der Waals surface area contributed by atoms with Crippen LogP contribution in [0, 0.1) is 0 Å². The Morgan fingerprint density at radius 1 is 1.23 bits per heavy atom. The maximum Gasteiger partial charge on any atom is 0.217 e. The van der Waals surface area contributed by atoms with Crippen LogP contribution in [0.1, 0.15) is 5.69 Å². The van der Waals surface area contributed by atoms with Crippen LogP contribution in [-0.2, 0) is 20.5 Å². The van der Waals surface area contributed by atoms with Gasteiger partial charge in [-0.2, -0.15) is 0 Å².